The van der Waals surface area contributed by atoms with E-state index in [4.69, 9.17) is 4.74 Å². The Morgan fingerprint density at radius 1 is 1.35 bits per heavy atom. The molecule has 0 aliphatic carbocycles. The molecule has 1 atom stereocenters. The minimum atomic E-state index is -3.47. The molecule has 0 fully saturated rings. The first-order chi connectivity index (χ1) is 10.7. The molecule has 1 aromatic rings. The average molecular weight is 344 g/mol. The highest BCUT2D eigenvalue weighted by molar-refractivity contribution is 7.89. The van der Waals surface area contributed by atoms with Gasteiger partial charge in [-0.15, -0.1) is 0 Å². The molecule has 1 aromatic carbocycles. The number of methoxy groups -OCH3 is 1. The first kappa shape index (κ1) is 19.2. The molecule has 7 nitrogen and oxygen atoms in total. The quantitative estimate of drug-likeness (QED) is 0.652. The van der Waals surface area contributed by atoms with Gasteiger partial charge in [-0.2, -0.15) is 0 Å². The van der Waals surface area contributed by atoms with Crippen LogP contribution in [0.15, 0.2) is 18.2 Å². The lowest BCUT2D eigenvalue weighted by Gasteiger charge is -2.21. The molecule has 0 heterocycles. The summed E-state index contributed by atoms with van der Waals surface area (Å²) in [6.07, 6.45) is 0. The van der Waals surface area contributed by atoms with Crippen LogP contribution in [-0.2, 0) is 21.4 Å². The van der Waals surface area contributed by atoms with Gasteiger partial charge in [-0.1, -0.05) is 19.9 Å². The van der Waals surface area contributed by atoms with Gasteiger partial charge >= 0.3 is 0 Å². The molecular weight excluding hydrogens is 320 g/mol. The van der Waals surface area contributed by atoms with Crippen molar-refractivity contribution in [1.29, 1.82) is 0 Å². The van der Waals surface area contributed by atoms with Crippen molar-refractivity contribution in [2.45, 2.75) is 33.4 Å². The van der Waals surface area contributed by atoms with Gasteiger partial charge in [0.1, 0.15) is 6.04 Å². The Kier molecular flexibility index (Phi) is 6.83. The molecule has 23 heavy (non-hydrogen) atoms. The van der Waals surface area contributed by atoms with Crippen LogP contribution in [0, 0.1) is 5.92 Å². The standard InChI is InChI=1S/C15H24N2O5S/c1-5-23(20,21)17-14(10(2)3)15(19)16-9-11-6-7-12(18)13(8-11)22-4/h6-8,10,14,17-18H,5,9H2,1-4H3,(H,16,19). The number of aromatic hydroxyl groups is 1. The molecule has 3 N–H and O–H groups in total. The maximum absolute atomic E-state index is 12.3. The normalized spacial score (nSPS) is 12.9. The third kappa shape index (κ3) is 5.72. The van der Waals surface area contributed by atoms with E-state index >= 15 is 0 Å². The van der Waals surface area contributed by atoms with Crippen molar-refractivity contribution in [1.82, 2.24) is 10.0 Å². The van der Waals surface area contributed by atoms with Gasteiger partial charge in [-0.3, -0.25) is 4.79 Å². The second kappa shape index (κ2) is 8.16. The summed E-state index contributed by atoms with van der Waals surface area (Å²) < 4.78 is 30.8. The SMILES string of the molecule is CCS(=O)(=O)NC(C(=O)NCc1ccc(O)c(OC)c1)C(C)C. The molecule has 1 amide bonds. The van der Waals surface area contributed by atoms with E-state index in [1.54, 1.807) is 26.0 Å². The predicted octanol–water partition coefficient (Wildman–Crippen LogP) is 0.981. The Labute approximate surface area is 137 Å². The molecule has 8 heteroatoms. The zero-order valence-electron chi connectivity index (χ0n) is 13.8. The molecule has 0 radical (unpaired) electrons. The fourth-order valence-electron chi connectivity index (χ4n) is 1.90. The monoisotopic (exact) mass is 344 g/mol. The van der Waals surface area contributed by atoms with Crippen molar-refractivity contribution in [3.05, 3.63) is 23.8 Å². The van der Waals surface area contributed by atoms with Gasteiger partial charge < -0.3 is 15.2 Å². The highest BCUT2D eigenvalue weighted by Crippen LogP contribution is 2.26. The van der Waals surface area contributed by atoms with Crippen LogP contribution in [0.4, 0.5) is 0 Å². The Balaban J connectivity index is 2.76. The number of benzene rings is 1. The summed E-state index contributed by atoms with van der Waals surface area (Å²) in [5, 5.41) is 12.2. The fourth-order valence-corrected chi connectivity index (χ4v) is 2.83. The first-order valence-corrected chi connectivity index (χ1v) is 8.99. The fraction of sp³-hybridized carbons (Fsp3) is 0.533. The van der Waals surface area contributed by atoms with Crippen LogP contribution in [0.1, 0.15) is 26.3 Å². The number of hydrogen-bond acceptors (Lipinski definition) is 5. The molecule has 0 saturated heterocycles. The van der Waals surface area contributed by atoms with Crippen molar-refractivity contribution >= 4 is 15.9 Å². The van der Waals surface area contributed by atoms with E-state index in [9.17, 15) is 18.3 Å². The average Bonchev–Trinajstić information content (AvgIpc) is 2.51. The van der Waals surface area contributed by atoms with E-state index in [2.05, 4.69) is 10.0 Å². The molecule has 1 rings (SSSR count). The molecule has 0 aliphatic heterocycles. The zero-order valence-corrected chi connectivity index (χ0v) is 14.6. The van der Waals surface area contributed by atoms with E-state index in [0.717, 1.165) is 5.56 Å². The number of sulfonamides is 1. The lowest BCUT2D eigenvalue weighted by atomic mass is 10.0. The van der Waals surface area contributed by atoms with E-state index in [1.807, 2.05) is 0 Å². The highest BCUT2D eigenvalue weighted by atomic mass is 32.2. The van der Waals surface area contributed by atoms with Crippen molar-refractivity contribution in [3.8, 4) is 11.5 Å². The van der Waals surface area contributed by atoms with Crippen LogP contribution in [0.25, 0.3) is 0 Å². The van der Waals surface area contributed by atoms with Crippen molar-refractivity contribution in [2.75, 3.05) is 12.9 Å². The van der Waals surface area contributed by atoms with Gasteiger partial charge in [0, 0.05) is 6.54 Å². The number of rotatable bonds is 8. The molecular formula is C15H24N2O5S. The topological polar surface area (TPSA) is 105 Å². The third-order valence-corrected chi connectivity index (χ3v) is 4.72. The first-order valence-electron chi connectivity index (χ1n) is 7.33. The zero-order chi connectivity index (χ0) is 17.6. The Hall–Kier alpha value is -1.80. The van der Waals surface area contributed by atoms with Gasteiger partial charge in [-0.05, 0) is 30.5 Å². The summed E-state index contributed by atoms with van der Waals surface area (Å²) in [6.45, 7) is 5.25. The molecule has 1 unspecified atom stereocenters. The largest absolute Gasteiger partial charge is 0.504 e. The lowest BCUT2D eigenvalue weighted by molar-refractivity contribution is -0.123. The van der Waals surface area contributed by atoms with Gasteiger partial charge in [0.15, 0.2) is 11.5 Å². The van der Waals surface area contributed by atoms with Crippen molar-refractivity contribution < 1.29 is 23.1 Å². The molecule has 130 valence electrons. The number of phenolic OH excluding ortho intramolecular Hbond substituents is 1. The van der Waals surface area contributed by atoms with Gasteiger partial charge in [0.2, 0.25) is 15.9 Å². The van der Waals surface area contributed by atoms with E-state index in [0.29, 0.717) is 5.75 Å². The second-order valence-electron chi connectivity index (χ2n) is 5.47. The molecule has 0 bridgehead atoms. The van der Waals surface area contributed by atoms with Gasteiger partial charge in [0.05, 0.1) is 12.9 Å². The Morgan fingerprint density at radius 2 is 2.00 bits per heavy atom. The highest BCUT2D eigenvalue weighted by Gasteiger charge is 2.26. The van der Waals surface area contributed by atoms with E-state index in [1.165, 1.54) is 20.1 Å². The summed E-state index contributed by atoms with van der Waals surface area (Å²) in [4.78, 5) is 12.3. The Bertz CT molecular complexity index is 643. The minimum absolute atomic E-state index is 0.0124. The van der Waals surface area contributed by atoms with E-state index in [-0.39, 0.29) is 24.0 Å². The summed E-state index contributed by atoms with van der Waals surface area (Å²) >= 11 is 0. The van der Waals surface area contributed by atoms with Crippen LogP contribution < -0.4 is 14.8 Å². The second-order valence-corrected chi connectivity index (χ2v) is 7.51. The van der Waals surface area contributed by atoms with Gasteiger partial charge in [0.25, 0.3) is 0 Å². The lowest BCUT2D eigenvalue weighted by Crippen LogP contribution is -2.49. The van der Waals surface area contributed by atoms with Crippen LogP contribution in [0.2, 0.25) is 0 Å². The van der Waals surface area contributed by atoms with Crippen LogP contribution in [0.3, 0.4) is 0 Å². The molecule has 0 spiro atoms. The minimum Gasteiger partial charge on any atom is -0.504 e. The van der Waals surface area contributed by atoms with Crippen LogP contribution in [-0.4, -0.2) is 38.3 Å². The number of amides is 1. The third-order valence-electron chi connectivity index (χ3n) is 3.35. The number of hydrogen-bond donors (Lipinski definition) is 3. The van der Waals surface area contributed by atoms with E-state index < -0.39 is 22.0 Å². The van der Waals surface area contributed by atoms with Crippen LogP contribution in [0.5, 0.6) is 11.5 Å². The summed E-state index contributed by atoms with van der Waals surface area (Å²) in [5.41, 5.74) is 0.730. The summed E-state index contributed by atoms with van der Waals surface area (Å²) in [5.74, 6) is -0.351. The number of ether oxygens (including phenoxy) is 1. The number of nitrogens with one attached hydrogen (secondary N) is 2. The predicted molar refractivity (Wildman–Crippen MR) is 87.7 cm³/mol. The molecule has 0 aromatic heterocycles. The number of carbonyl (C=O) groups excluding carboxylic acids is 1. The number of phenols is 1. The smallest absolute Gasteiger partial charge is 0.238 e. The van der Waals surface area contributed by atoms with Crippen LogP contribution >= 0.6 is 0 Å². The molecule has 0 saturated carbocycles. The van der Waals surface area contributed by atoms with Crippen molar-refractivity contribution in [3.63, 3.8) is 0 Å². The maximum Gasteiger partial charge on any atom is 0.238 e. The molecule has 0 aliphatic rings. The van der Waals surface area contributed by atoms with Gasteiger partial charge in [-0.25, -0.2) is 13.1 Å². The number of carbonyl (C=O) groups is 1. The summed E-state index contributed by atoms with van der Waals surface area (Å²) in [6, 6.07) is 3.90. The van der Waals surface area contributed by atoms with Crippen molar-refractivity contribution in [2.24, 2.45) is 5.92 Å². The Morgan fingerprint density at radius 3 is 2.52 bits per heavy atom. The maximum atomic E-state index is 12.3. The summed E-state index contributed by atoms with van der Waals surface area (Å²) in [7, 11) is -2.04.